The lowest BCUT2D eigenvalue weighted by Crippen LogP contribution is -2.21. The first-order valence-corrected chi connectivity index (χ1v) is 7.01. The molecule has 2 aromatic rings. The average Bonchev–Trinajstić information content (AvgIpc) is 2.68. The molecule has 0 spiro atoms. The van der Waals surface area contributed by atoms with Crippen LogP contribution in [0.4, 0.5) is 0 Å². The van der Waals surface area contributed by atoms with Crippen LogP contribution in [0.15, 0.2) is 42.6 Å². The summed E-state index contributed by atoms with van der Waals surface area (Å²) in [4.78, 5) is 0. The van der Waals surface area contributed by atoms with E-state index in [0.29, 0.717) is 6.04 Å². The standard InChI is InChI=1S/C16H19N3/c1-3-9-15-13(6-1)7-2-4-10-16(15)17-12-14-8-5-11-18-19-14/h1,3,5-6,8-9,11,16-17H,2,4,7,10,12H2. The summed E-state index contributed by atoms with van der Waals surface area (Å²) in [6.45, 7) is 0.785. The van der Waals surface area contributed by atoms with Gasteiger partial charge in [-0.1, -0.05) is 30.7 Å². The molecule has 3 heteroatoms. The van der Waals surface area contributed by atoms with E-state index in [-0.39, 0.29) is 0 Å². The normalized spacial score (nSPS) is 18.6. The van der Waals surface area contributed by atoms with Crippen LogP contribution in [0.2, 0.25) is 0 Å². The lowest BCUT2D eigenvalue weighted by molar-refractivity contribution is 0.484. The molecular formula is C16H19N3. The number of aromatic nitrogens is 2. The molecule has 19 heavy (non-hydrogen) atoms. The summed E-state index contributed by atoms with van der Waals surface area (Å²) in [5, 5.41) is 11.7. The maximum Gasteiger partial charge on any atom is 0.0769 e. The van der Waals surface area contributed by atoms with Crippen molar-refractivity contribution in [3.05, 3.63) is 59.4 Å². The van der Waals surface area contributed by atoms with E-state index in [1.165, 1.54) is 36.8 Å². The monoisotopic (exact) mass is 253 g/mol. The largest absolute Gasteiger partial charge is 0.304 e. The van der Waals surface area contributed by atoms with Crippen molar-refractivity contribution in [2.24, 2.45) is 0 Å². The summed E-state index contributed by atoms with van der Waals surface area (Å²) < 4.78 is 0. The summed E-state index contributed by atoms with van der Waals surface area (Å²) in [7, 11) is 0. The Morgan fingerprint density at radius 1 is 1.11 bits per heavy atom. The minimum Gasteiger partial charge on any atom is -0.304 e. The molecular weight excluding hydrogens is 234 g/mol. The Morgan fingerprint density at radius 3 is 2.95 bits per heavy atom. The Morgan fingerprint density at radius 2 is 2.05 bits per heavy atom. The van der Waals surface area contributed by atoms with Gasteiger partial charge in [0.1, 0.15) is 0 Å². The minimum absolute atomic E-state index is 0.445. The fourth-order valence-electron chi connectivity index (χ4n) is 2.79. The highest BCUT2D eigenvalue weighted by molar-refractivity contribution is 5.31. The molecule has 1 atom stereocenters. The molecule has 0 saturated carbocycles. The maximum atomic E-state index is 4.13. The SMILES string of the molecule is c1cnnc(CNC2CCCCc3ccccc32)c1. The molecule has 1 unspecified atom stereocenters. The van der Waals surface area contributed by atoms with Crippen molar-refractivity contribution in [2.45, 2.75) is 38.3 Å². The number of nitrogens with zero attached hydrogens (tertiary/aromatic N) is 2. The predicted octanol–water partition coefficient (Wildman–Crippen LogP) is 3.03. The van der Waals surface area contributed by atoms with Crippen LogP contribution >= 0.6 is 0 Å². The third-order valence-electron chi connectivity index (χ3n) is 3.78. The molecule has 3 nitrogen and oxygen atoms in total. The maximum absolute atomic E-state index is 4.13. The average molecular weight is 253 g/mol. The van der Waals surface area contributed by atoms with Crippen LogP contribution in [0, 0.1) is 0 Å². The van der Waals surface area contributed by atoms with Crippen LogP contribution < -0.4 is 5.32 Å². The Kier molecular flexibility index (Phi) is 3.84. The summed E-state index contributed by atoms with van der Waals surface area (Å²) in [5.74, 6) is 0. The summed E-state index contributed by atoms with van der Waals surface area (Å²) in [6.07, 6.45) is 6.70. The molecule has 0 bridgehead atoms. The zero-order valence-electron chi connectivity index (χ0n) is 11.0. The smallest absolute Gasteiger partial charge is 0.0769 e. The van der Waals surface area contributed by atoms with E-state index >= 15 is 0 Å². The molecule has 1 heterocycles. The quantitative estimate of drug-likeness (QED) is 0.854. The van der Waals surface area contributed by atoms with Gasteiger partial charge >= 0.3 is 0 Å². The third-order valence-corrected chi connectivity index (χ3v) is 3.78. The van der Waals surface area contributed by atoms with Crippen LogP contribution in [0.3, 0.4) is 0 Å². The molecule has 1 aliphatic carbocycles. The summed E-state index contributed by atoms with van der Waals surface area (Å²) in [5.41, 5.74) is 3.96. The van der Waals surface area contributed by atoms with Gasteiger partial charge < -0.3 is 5.32 Å². The van der Waals surface area contributed by atoms with Gasteiger partial charge in [-0.15, -0.1) is 0 Å². The van der Waals surface area contributed by atoms with Crippen molar-refractivity contribution in [3.8, 4) is 0 Å². The molecule has 0 radical (unpaired) electrons. The first-order chi connectivity index (χ1) is 9.43. The number of aryl methyl sites for hydroxylation is 1. The van der Waals surface area contributed by atoms with E-state index < -0.39 is 0 Å². The number of hydrogen-bond acceptors (Lipinski definition) is 3. The fraction of sp³-hybridized carbons (Fsp3) is 0.375. The van der Waals surface area contributed by atoms with Crippen molar-refractivity contribution in [3.63, 3.8) is 0 Å². The van der Waals surface area contributed by atoms with Crippen LogP contribution in [0.25, 0.3) is 0 Å². The zero-order chi connectivity index (χ0) is 12.9. The molecule has 1 aromatic heterocycles. The van der Waals surface area contributed by atoms with Crippen molar-refractivity contribution < 1.29 is 0 Å². The second-order valence-electron chi connectivity index (χ2n) is 5.09. The van der Waals surface area contributed by atoms with Gasteiger partial charge in [-0.2, -0.15) is 10.2 Å². The Balaban J connectivity index is 1.74. The molecule has 0 amide bonds. The zero-order valence-corrected chi connectivity index (χ0v) is 11.0. The van der Waals surface area contributed by atoms with Gasteiger partial charge in [0.2, 0.25) is 0 Å². The van der Waals surface area contributed by atoms with Crippen LogP contribution in [-0.2, 0) is 13.0 Å². The van der Waals surface area contributed by atoms with Gasteiger partial charge in [0.25, 0.3) is 0 Å². The van der Waals surface area contributed by atoms with E-state index in [9.17, 15) is 0 Å². The van der Waals surface area contributed by atoms with Gasteiger partial charge in [0, 0.05) is 18.8 Å². The van der Waals surface area contributed by atoms with Gasteiger partial charge in [-0.25, -0.2) is 0 Å². The number of rotatable bonds is 3. The fourth-order valence-corrected chi connectivity index (χ4v) is 2.79. The first-order valence-electron chi connectivity index (χ1n) is 7.01. The minimum atomic E-state index is 0.445. The number of nitrogens with one attached hydrogen (secondary N) is 1. The summed E-state index contributed by atoms with van der Waals surface area (Å²) in [6, 6.07) is 13.2. The van der Waals surface area contributed by atoms with Gasteiger partial charge in [-0.3, -0.25) is 0 Å². The molecule has 98 valence electrons. The van der Waals surface area contributed by atoms with Crippen molar-refractivity contribution in [2.75, 3.05) is 0 Å². The van der Waals surface area contributed by atoms with E-state index in [1.54, 1.807) is 6.20 Å². The Hall–Kier alpha value is -1.74. The number of fused-ring (bicyclic) bond motifs is 1. The van der Waals surface area contributed by atoms with Gasteiger partial charge in [0.15, 0.2) is 0 Å². The van der Waals surface area contributed by atoms with Crippen molar-refractivity contribution >= 4 is 0 Å². The number of hydrogen-bond donors (Lipinski definition) is 1. The topological polar surface area (TPSA) is 37.8 Å². The highest BCUT2D eigenvalue weighted by Crippen LogP contribution is 2.28. The second-order valence-corrected chi connectivity index (χ2v) is 5.09. The van der Waals surface area contributed by atoms with Gasteiger partial charge in [0.05, 0.1) is 5.69 Å². The van der Waals surface area contributed by atoms with E-state index in [0.717, 1.165) is 12.2 Å². The summed E-state index contributed by atoms with van der Waals surface area (Å²) >= 11 is 0. The van der Waals surface area contributed by atoms with Crippen LogP contribution in [0.5, 0.6) is 0 Å². The lowest BCUT2D eigenvalue weighted by Gasteiger charge is -2.19. The Bertz CT molecular complexity index is 525. The third kappa shape index (κ3) is 2.99. The highest BCUT2D eigenvalue weighted by Gasteiger charge is 2.17. The molecule has 0 aliphatic heterocycles. The van der Waals surface area contributed by atoms with Crippen LogP contribution in [0.1, 0.15) is 42.1 Å². The van der Waals surface area contributed by atoms with Crippen molar-refractivity contribution in [1.82, 2.24) is 15.5 Å². The molecule has 0 fully saturated rings. The molecule has 1 N–H and O–H groups in total. The van der Waals surface area contributed by atoms with E-state index in [4.69, 9.17) is 0 Å². The molecule has 0 saturated heterocycles. The molecule has 1 aromatic carbocycles. The van der Waals surface area contributed by atoms with E-state index in [2.05, 4.69) is 39.8 Å². The lowest BCUT2D eigenvalue weighted by atomic mass is 9.99. The second kappa shape index (κ2) is 5.93. The van der Waals surface area contributed by atoms with Crippen LogP contribution in [-0.4, -0.2) is 10.2 Å². The molecule has 1 aliphatic rings. The predicted molar refractivity (Wildman–Crippen MR) is 75.6 cm³/mol. The Labute approximate surface area is 114 Å². The molecule has 3 rings (SSSR count). The highest BCUT2D eigenvalue weighted by atomic mass is 15.1. The van der Waals surface area contributed by atoms with Crippen molar-refractivity contribution in [1.29, 1.82) is 0 Å². The number of benzene rings is 1. The van der Waals surface area contributed by atoms with Gasteiger partial charge in [-0.05, 0) is 42.5 Å². The first kappa shape index (κ1) is 12.3. The van der Waals surface area contributed by atoms with E-state index in [1.807, 2.05) is 12.1 Å².